The van der Waals surface area contributed by atoms with Crippen LogP contribution in [0, 0.1) is 0 Å². The summed E-state index contributed by atoms with van der Waals surface area (Å²) in [4.78, 5) is 0. The van der Waals surface area contributed by atoms with Crippen molar-refractivity contribution < 1.29 is 0 Å². The van der Waals surface area contributed by atoms with Gasteiger partial charge in [-0.25, -0.2) is 0 Å². The Labute approximate surface area is 417 Å². The molecule has 4 heteroatoms. The Kier molecular flexibility index (Phi) is 8.97. The molecule has 0 aliphatic carbocycles. The molecule has 354 valence electrons. The second-order valence-electron chi connectivity index (χ2n) is 27.7. The molecule has 0 fully saturated rings. The van der Waals surface area contributed by atoms with Crippen LogP contribution in [0.25, 0.3) is 82.5 Å². The Hall–Kier alpha value is -6.00. The van der Waals surface area contributed by atoms with Crippen molar-refractivity contribution in [1.29, 1.82) is 0 Å². The van der Waals surface area contributed by atoms with Gasteiger partial charge in [-0.1, -0.05) is 161 Å². The maximum absolute atomic E-state index is 2.68. The number of fused-ring (bicyclic) bond motifs is 13. The van der Waals surface area contributed by atoms with Crippen molar-refractivity contribution in [2.45, 2.75) is 157 Å². The second-order valence-corrected chi connectivity index (χ2v) is 27.7. The topological polar surface area (TPSA) is 14.8 Å². The lowest BCUT2D eigenvalue weighted by atomic mass is 9.34. The maximum atomic E-state index is 2.68. The fourth-order valence-electron chi connectivity index (χ4n) is 12.2. The minimum Gasteiger partial charge on any atom is -0.310 e. The molecular weight excluding hydrogens is 846 g/mol. The van der Waals surface area contributed by atoms with Crippen LogP contribution in [0.15, 0.2) is 109 Å². The molecule has 0 amide bonds. The van der Waals surface area contributed by atoms with E-state index in [1.807, 2.05) is 0 Å². The van der Waals surface area contributed by atoms with E-state index in [4.69, 9.17) is 0 Å². The maximum Gasteiger partial charge on any atom is 0.252 e. The van der Waals surface area contributed by atoms with Crippen LogP contribution >= 0.6 is 0 Å². The van der Waals surface area contributed by atoms with Crippen LogP contribution < -0.4 is 16.4 Å². The minimum atomic E-state index is -0.0561. The van der Waals surface area contributed by atoms with Crippen LogP contribution in [0.2, 0.25) is 0 Å². The molecule has 0 N–H and O–H groups in total. The third-order valence-electron chi connectivity index (χ3n) is 16.5. The summed E-state index contributed by atoms with van der Waals surface area (Å²) in [5.41, 5.74) is 23.8. The highest BCUT2D eigenvalue weighted by Gasteiger charge is 2.43. The van der Waals surface area contributed by atoms with Crippen LogP contribution in [0.4, 0.5) is 0 Å². The smallest absolute Gasteiger partial charge is 0.252 e. The molecule has 12 rings (SSSR count). The summed E-state index contributed by atoms with van der Waals surface area (Å²) < 4.78 is 7.95. The zero-order valence-corrected chi connectivity index (χ0v) is 45.3. The number of rotatable bonds is 1. The van der Waals surface area contributed by atoms with Crippen LogP contribution in [-0.2, 0) is 32.5 Å². The molecule has 0 bridgehead atoms. The van der Waals surface area contributed by atoms with E-state index in [2.05, 4.69) is 248 Å². The van der Waals surface area contributed by atoms with Gasteiger partial charge >= 0.3 is 0 Å². The molecule has 0 saturated carbocycles. The predicted molar refractivity (Wildman–Crippen MR) is 306 cm³/mol. The molecule has 3 nitrogen and oxygen atoms in total. The van der Waals surface area contributed by atoms with Gasteiger partial charge in [-0.2, -0.15) is 0 Å². The lowest BCUT2D eigenvalue weighted by molar-refractivity contribution is 0.590. The molecule has 2 aliphatic rings. The summed E-state index contributed by atoms with van der Waals surface area (Å²) in [6.45, 7) is 42.5. The number of nitrogens with zero attached hydrogens (tertiary/aromatic N) is 3. The van der Waals surface area contributed by atoms with Gasteiger partial charge in [-0.05, 0) is 155 Å². The molecule has 3 aromatic heterocycles. The summed E-state index contributed by atoms with van der Waals surface area (Å²) >= 11 is 0. The molecule has 0 radical (unpaired) electrons. The Morgan fingerprint density at radius 3 is 0.857 bits per heavy atom. The van der Waals surface area contributed by atoms with Gasteiger partial charge < -0.3 is 13.7 Å². The number of benzene rings is 7. The van der Waals surface area contributed by atoms with Gasteiger partial charge in [0.25, 0.3) is 6.71 Å². The largest absolute Gasteiger partial charge is 0.310 e. The zero-order chi connectivity index (χ0) is 49.9. The predicted octanol–water partition coefficient (Wildman–Crippen LogP) is 15.9. The normalized spacial score (nSPS) is 14.4. The average Bonchev–Trinajstić information content (AvgIpc) is 3.89. The van der Waals surface area contributed by atoms with Crippen molar-refractivity contribution in [3.8, 4) is 17.1 Å². The summed E-state index contributed by atoms with van der Waals surface area (Å²) in [6, 6.07) is 44.6. The first-order chi connectivity index (χ1) is 32.5. The minimum absolute atomic E-state index is 0.00362. The Morgan fingerprint density at radius 1 is 0.286 bits per heavy atom. The molecule has 0 unspecified atom stereocenters. The lowest BCUT2D eigenvalue weighted by Gasteiger charge is -2.36. The first-order valence-corrected chi connectivity index (χ1v) is 26.0. The van der Waals surface area contributed by atoms with Crippen LogP contribution in [0.5, 0.6) is 0 Å². The van der Waals surface area contributed by atoms with Gasteiger partial charge in [0.1, 0.15) is 0 Å². The van der Waals surface area contributed by atoms with Gasteiger partial charge in [0.05, 0.1) is 27.8 Å². The van der Waals surface area contributed by atoms with E-state index in [9.17, 15) is 0 Å². The van der Waals surface area contributed by atoms with E-state index in [0.717, 1.165) is 0 Å². The van der Waals surface area contributed by atoms with E-state index in [1.54, 1.807) is 0 Å². The second kappa shape index (κ2) is 13.9. The van der Waals surface area contributed by atoms with E-state index in [1.165, 1.54) is 132 Å². The standard InChI is InChI=1S/C66H72BN3/c1-61(2,3)37-19-23-52-44(27-37)45-28-38(62(4,5)6)20-24-53(45)68(52)43-35-56-58-57(36-43)70-55-26-22-40(64(10,11)12)30-47(55)49-32-42(66(16,17)18)34-51(60(49)70)67(58)50-33-41(65(13,14)15)31-48-46-29-39(63(7,8)9)21-25-54(46)69(56)59(48)50/h19-36H,1-18H3. The first-order valence-electron chi connectivity index (χ1n) is 26.0. The van der Waals surface area contributed by atoms with Crippen molar-refractivity contribution in [2.24, 2.45) is 0 Å². The fraction of sp³-hybridized carbons (Fsp3) is 0.364. The van der Waals surface area contributed by atoms with E-state index in [-0.39, 0.29) is 39.2 Å². The van der Waals surface area contributed by atoms with Gasteiger partial charge in [0.2, 0.25) is 0 Å². The van der Waals surface area contributed by atoms with E-state index in [0.29, 0.717) is 0 Å². The Morgan fingerprint density at radius 2 is 0.557 bits per heavy atom. The number of hydrogen-bond donors (Lipinski definition) is 0. The third-order valence-corrected chi connectivity index (χ3v) is 16.5. The molecule has 5 heterocycles. The van der Waals surface area contributed by atoms with Crippen LogP contribution in [-0.4, -0.2) is 20.4 Å². The molecule has 10 aromatic rings. The van der Waals surface area contributed by atoms with Crippen LogP contribution in [0.3, 0.4) is 0 Å². The number of hydrogen-bond acceptors (Lipinski definition) is 0. The summed E-state index contributed by atoms with van der Waals surface area (Å²) in [7, 11) is 0. The number of aromatic nitrogens is 3. The highest BCUT2D eigenvalue weighted by atomic mass is 15.1. The molecule has 70 heavy (non-hydrogen) atoms. The highest BCUT2D eigenvalue weighted by molar-refractivity contribution is 7.00. The van der Waals surface area contributed by atoms with Gasteiger partial charge in [0.15, 0.2) is 0 Å². The molecule has 0 spiro atoms. The van der Waals surface area contributed by atoms with Crippen LogP contribution in [0.1, 0.15) is 158 Å². The highest BCUT2D eigenvalue weighted by Crippen LogP contribution is 2.45. The quantitative estimate of drug-likeness (QED) is 0.146. The van der Waals surface area contributed by atoms with Crippen molar-refractivity contribution in [1.82, 2.24) is 13.7 Å². The van der Waals surface area contributed by atoms with Crippen molar-refractivity contribution in [3.05, 3.63) is 143 Å². The first kappa shape index (κ1) is 45.2. The fourth-order valence-corrected chi connectivity index (χ4v) is 12.2. The SMILES string of the molecule is CC(C)(C)c1ccc2c(c1)c1cc(C(C)(C)C)ccc1n2-c1cc2c3c(c1)-n1c4ccc(C(C)(C)C)cc4c4cc(C(C)(C)C)cc(c41)B3c1cc(C(C)(C)C)cc3c4cc(C(C)(C)C)ccc4n-2c13. The zero-order valence-electron chi connectivity index (χ0n) is 45.3. The average molecular weight is 918 g/mol. The molecule has 0 saturated heterocycles. The third kappa shape index (κ3) is 6.39. The molecular formula is C66H72BN3. The summed E-state index contributed by atoms with van der Waals surface area (Å²) in [5, 5.41) is 8.00. The van der Waals surface area contributed by atoms with Crippen molar-refractivity contribution in [2.75, 3.05) is 0 Å². The lowest BCUT2D eigenvalue weighted by Crippen LogP contribution is -2.59. The molecule has 2 aliphatic heterocycles. The Balaban J connectivity index is 1.31. The summed E-state index contributed by atoms with van der Waals surface area (Å²) in [6.07, 6.45) is 0. The molecule has 0 atom stereocenters. The van der Waals surface area contributed by atoms with E-state index < -0.39 is 0 Å². The van der Waals surface area contributed by atoms with Gasteiger partial charge in [-0.15, -0.1) is 0 Å². The van der Waals surface area contributed by atoms with E-state index >= 15 is 0 Å². The van der Waals surface area contributed by atoms with Crippen molar-refractivity contribution >= 4 is 88.5 Å². The monoisotopic (exact) mass is 918 g/mol. The van der Waals surface area contributed by atoms with Gasteiger partial charge in [0, 0.05) is 54.7 Å². The summed E-state index contributed by atoms with van der Waals surface area (Å²) in [5.74, 6) is 0. The van der Waals surface area contributed by atoms with Crippen molar-refractivity contribution in [3.63, 3.8) is 0 Å². The van der Waals surface area contributed by atoms with Gasteiger partial charge in [-0.3, -0.25) is 0 Å². The Bertz CT molecular complexity index is 3680. The molecule has 7 aromatic carbocycles.